The summed E-state index contributed by atoms with van der Waals surface area (Å²) in [6, 6.07) is 3.55. The molecule has 0 radical (unpaired) electrons. The van der Waals surface area contributed by atoms with E-state index in [0.29, 0.717) is 30.6 Å². The van der Waals surface area contributed by atoms with Crippen LogP contribution in [0.2, 0.25) is 0 Å². The number of morpholine rings is 1. The van der Waals surface area contributed by atoms with E-state index in [1.54, 1.807) is 18.4 Å². The van der Waals surface area contributed by atoms with Crippen molar-refractivity contribution in [3.63, 3.8) is 0 Å². The third-order valence-corrected chi connectivity index (χ3v) is 3.32. The van der Waals surface area contributed by atoms with Crippen molar-refractivity contribution < 1.29 is 18.8 Å². The van der Waals surface area contributed by atoms with Gasteiger partial charge in [0, 0.05) is 13.1 Å². The lowest BCUT2D eigenvalue weighted by Gasteiger charge is -2.41. The highest BCUT2D eigenvalue weighted by Crippen LogP contribution is 2.23. The molecule has 2 aromatic rings. The van der Waals surface area contributed by atoms with Gasteiger partial charge in [0.1, 0.15) is 0 Å². The van der Waals surface area contributed by atoms with Crippen molar-refractivity contribution in [2.75, 3.05) is 19.7 Å². The first kappa shape index (κ1) is 14.2. The molecule has 114 valence electrons. The first-order valence-electron chi connectivity index (χ1n) is 6.93. The zero-order valence-electron chi connectivity index (χ0n) is 12.2. The Bertz CT molecular complexity index is 579. The minimum Gasteiger partial charge on any atom is -0.459 e. The number of rotatable bonds is 4. The van der Waals surface area contributed by atoms with E-state index in [4.69, 9.17) is 13.7 Å². The second-order valence-corrected chi connectivity index (χ2v) is 5.84. The largest absolute Gasteiger partial charge is 0.459 e. The minimum absolute atomic E-state index is 0.00379. The fourth-order valence-corrected chi connectivity index (χ4v) is 2.65. The highest BCUT2D eigenvalue weighted by atomic mass is 16.5. The van der Waals surface area contributed by atoms with Gasteiger partial charge < -0.3 is 18.8 Å². The second kappa shape index (κ2) is 5.59. The van der Waals surface area contributed by atoms with Gasteiger partial charge in [-0.1, -0.05) is 5.16 Å². The van der Waals surface area contributed by atoms with Gasteiger partial charge in [0.2, 0.25) is 0 Å². The Morgan fingerprint density at radius 2 is 2.33 bits per heavy atom. The van der Waals surface area contributed by atoms with Gasteiger partial charge in [-0.05, 0) is 26.0 Å². The van der Waals surface area contributed by atoms with Gasteiger partial charge in [-0.3, -0.25) is 4.90 Å². The number of aromatic nitrogens is 2. The molecule has 7 heteroatoms. The molecule has 1 N–H and O–H groups in total. The Balaban J connectivity index is 1.68. The molecule has 1 atom stereocenters. The quantitative estimate of drug-likeness (QED) is 0.909. The smallest absolute Gasteiger partial charge is 0.293 e. The molecule has 0 bridgehead atoms. The summed E-state index contributed by atoms with van der Waals surface area (Å²) in [6.07, 6.45) is 1.38. The van der Waals surface area contributed by atoms with Crippen LogP contribution in [-0.4, -0.2) is 51.5 Å². The van der Waals surface area contributed by atoms with Crippen LogP contribution < -0.4 is 0 Å². The van der Waals surface area contributed by atoms with Gasteiger partial charge in [-0.2, -0.15) is 4.98 Å². The summed E-state index contributed by atoms with van der Waals surface area (Å²) in [7, 11) is 0. The number of furan rings is 1. The summed E-state index contributed by atoms with van der Waals surface area (Å²) in [5.74, 6) is 1.53. The van der Waals surface area contributed by atoms with Gasteiger partial charge in [0.05, 0.1) is 31.1 Å². The Morgan fingerprint density at radius 1 is 1.48 bits per heavy atom. The molecule has 1 aliphatic heterocycles. The maximum absolute atomic E-state index is 9.32. The Hall–Kier alpha value is -1.70. The summed E-state index contributed by atoms with van der Waals surface area (Å²) >= 11 is 0. The third kappa shape index (κ3) is 3.31. The van der Waals surface area contributed by atoms with Gasteiger partial charge in [0.15, 0.2) is 11.6 Å². The molecule has 1 unspecified atom stereocenters. The standard InChI is InChI=1S/C14H19N3O4/c1-14(2)9-17(6-10(8-18)20-14)7-12-15-13(21-16-12)11-4-3-5-19-11/h3-5,10,18H,6-9H2,1-2H3. The van der Waals surface area contributed by atoms with Crippen molar-refractivity contribution in [3.8, 4) is 11.7 Å². The zero-order valence-corrected chi connectivity index (χ0v) is 12.2. The van der Waals surface area contributed by atoms with Crippen LogP contribution in [0.1, 0.15) is 19.7 Å². The number of hydrogen-bond acceptors (Lipinski definition) is 7. The van der Waals surface area contributed by atoms with Gasteiger partial charge >= 0.3 is 0 Å². The van der Waals surface area contributed by atoms with E-state index in [2.05, 4.69) is 15.0 Å². The van der Waals surface area contributed by atoms with E-state index < -0.39 is 0 Å². The normalized spacial score (nSPS) is 22.5. The fourth-order valence-electron chi connectivity index (χ4n) is 2.65. The van der Waals surface area contributed by atoms with Crippen LogP contribution >= 0.6 is 0 Å². The molecule has 2 aromatic heterocycles. The number of ether oxygens (including phenoxy) is 1. The van der Waals surface area contributed by atoms with Crippen LogP contribution in [0.3, 0.4) is 0 Å². The van der Waals surface area contributed by atoms with Crippen LogP contribution in [0, 0.1) is 0 Å². The van der Waals surface area contributed by atoms with Gasteiger partial charge in [0.25, 0.3) is 5.89 Å². The molecule has 0 amide bonds. The van der Waals surface area contributed by atoms with Crippen LogP contribution in [0.25, 0.3) is 11.7 Å². The Labute approximate surface area is 122 Å². The summed E-state index contributed by atoms with van der Waals surface area (Å²) in [5, 5.41) is 13.3. The first-order valence-corrected chi connectivity index (χ1v) is 6.93. The van der Waals surface area contributed by atoms with E-state index in [9.17, 15) is 5.11 Å². The predicted octanol–water partition coefficient (Wildman–Crippen LogP) is 1.30. The van der Waals surface area contributed by atoms with Crippen molar-refractivity contribution in [1.82, 2.24) is 15.0 Å². The number of aliphatic hydroxyl groups excluding tert-OH is 1. The van der Waals surface area contributed by atoms with Crippen molar-refractivity contribution in [2.24, 2.45) is 0 Å². The lowest BCUT2D eigenvalue weighted by atomic mass is 10.1. The molecule has 3 heterocycles. The summed E-state index contributed by atoms with van der Waals surface area (Å²) in [4.78, 5) is 6.48. The molecule has 1 saturated heterocycles. The average Bonchev–Trinajstić information content (AvgIpc) is 3.06. The van der Waals surface area contributed by atoms with Gasteiger partial charge in [-0.25, -0.2) is 0 Å². The number of nitrogens with zero attached hydrogens (tertiary/aromatic N) is 3. The van der Waals surface area contributed by atoms with Crippen molar-refractivity contribution in [3.05, 3.63) is 24.2 Å². The third-order valence-electron chi connectivity index (χ3n) is 3.32. The lowest BCUT2D eigenvalue weighted by molar-refractivity contribution is -0.151. The van der Waals surface area contributed by atoms with Crippen molar-refractivity contribution in [1.29, 1.82) is 0 Å². The maximum atomic E-state index is 9.32. The molecular weight excluding hydrogens is 274 g/mol. The first-order chi connectivity index (χ1) is 10.1. The molecule has 0 spiro atoms. The predicted molar refractivity (Wildman–Crippen MR) is 73.3 cm³/mol. The molecule has 7 nitrogen and oxygen atoms in total. The maximum Gasteiger partial charge on any atom is 0.293 e. The number of aliphatic hydroxyl groups is 1. The van der Waals surface area contributed by atoms with Crippen LogP contribution in [0.15, 0.2) is 27.3 Å². The SMILES string of the molecule is CC1(C)CN(Cc2noc(-c3ccco3)n2)CC(CO)O1. The van der Waals surface area contributed by atoms with Crippen molar-refractivity contribution in [2.45, 2.75) is 32.1 Å². The van der Waals surface area contributed by atoms with Crippen LogP contribution in [0.5, 0.6) is 0 Å². The van der Waals surface area contributed by atoms with Crippen molar-refractivity contribution >= 4 is 0 Å². The Kier molecular flexibility index (Phi) is 3.79. The molecule has 1 aliphatic rings. The van der Waals surface area contributed by atoms with E-state index in [-0.39, 0.29) is 18.3 Å². The van der Waals surface area contributed by atoms with Gasteiger partial charge in [-0.15, -0.1) is 0 Å². The fraction of sp³-hybridized carbons (Fsp3) is 0.571. The highest BCUT2D eigenvalue weighted by Gasteiger charge is 2.33. The van der Waals surface area contributed by atoms with Crippen LogP contribution in [-0.2, 0) is 11.3 Å². The van der Waals surface area contributed by atoms with E-state index >= 15 is 0 Å². The minimum atomic E-state index is -0.306. The van der Waals surface area contributed by atoms with Crippen LogP contribution in [0.4, 0.5) is 0 Å². The molecule has 0 saturated carbocycles. The molecular formula is C14H19N3O4. The average molecular weight is 293 g/mol. The lowest BCUT2D eigenvalue weighted by Crippen LogP contribution is -2.53. The highest BCUT2D eigenvalue weighted by molar-refractivity contribution is 5.42. The monoisotopic (exact) mass is 293 g/mol. The zero-order chi connectivity index (χ0) is 14.9. The molecule has 1 fully saturated rings. The molecule has 0 aliphatic carbocycles. The molecule has 21 heavy (non-hydrogen) atoms. The summed E-state index contributed by atoms with van der Waals surface area (Å²) in [5.41, 5.74) is -0.306. The Morgan fingerprint density at radius 3 is 3.05 bits per heavy atom. The summed E-state index contributed by atoms with van der Waals surface area (Å²) in [6.45, 7) is 5.95. The van der Waals surface area contributed by atoms with E-state index in [0.717, 1.165) is 6.54 Å². The molecule has 3 rings (SSSR count). The topological polar surface area (TPSA) is 84.8 Å². The molecule has 0 aromatic carbocycles. The summed E-state index contributed by atoms with van der Waals surface area (Å²) < 4.78 is 16.2. The van der Waals surface area contributed by atoms with E-state index in [1.807, 2.05) is 13.8 Å². The number of hydrogen-bond donors (Lipinski definition) is 1. The van der Waals surface area contributed by atoms with E-state index in [1.165, 1.54) is 0 Å². The second-order valence-electron chi connectivity index (χ2n) is 5.84.